The molecule has 0 fully saturated rings. The quantitative estimate of drug-likeness (QED) is 0.598. The Bertz CT molecular complexity index is 578. The van der Waals surface area contributed by atoms with E-state index in [0.29, 0.717) is 6.54 Å². The van der Waals surface area contributed by atoms with Gasteiger partial charge in [0, 0.05) is 6.54 Å². The third-order valence-corrected chi connectivity index (χ3v) is 2.71. The fourth-order valence-corrected chi connectivity index (χ4v) is 1.60. The zero-order valence-electron chi connectivity index (χ0n) is 11.9. The molecule has 1 heterocycles. The van der Waals surface area contributed by atoms with Crippen LogP contribution in [0.25, 0.3) is 0 Å². The summed E-state index contributed by atoms with van der Waals surface area (Å²) in [5.41, 5.74) is 2.92. The Labute approximate surface area is 122 Å². The molecule has 0 aliphatic carbocycles. The van der Waals surface area contributed by atoms with Crippen LogP contribution in [0.4, 0.5) is 17.8 Å². The van der Waals surface area contributed by atoms with E-state index in [4.69, 9.17) is 5.21 Å². The molecule has 0 saturated heterocycles. The lowest BCUT2D eigenvalue weighted by Gasteiger charge is -2.19. The first kappa shape index (κ1) is 14.9. The lowest BCUT2D eigenvalue weighted by atomic mass is 10.2. The molecule has 0 unspecified atom stereocenters. The maximum atomic E-state index is 9.87. The molecule has 8 nitrogen and oxygen atoms in total. The standard InChI is InChI=1S/C13H18N6O2/c1-9(2)19(21)13-16-11(15-12(17-13)18-20)14-8-10-6-4-3-5-7-10/h3-7,9,20-21H,8H2,1-2H3,(H2,14,15,16,17,18). The van der Waals surface area contributed by atoms with Gasteiger partial charge in [0.2, 0.25) is 5.95 Å². The topological polar surface area (TPSA) is 106 Å². The summed E-state index contributed by atoms with van der Waals surface area (Å²) in [4.78, 5) is 12.0. The third-order valence-electron chi connectivity index (χ3n) is 2.71. The Hall–Kier alpha value is -2.45. The number of anilines is 3. The average molecular weight is 290 g/mol. The Morgan fingerprint density at radius 1 is 1.10 bits per heavy atom. The van der Waals surface area contributed by atoms with Gasteiger partial charge in [0.25, 0.3) is 11.9 Å². The summed E-state index contributed by atoms with van der Waals surface area (Å²) in [6, 6.07) is 9.53. The van der Waals surface area contributed by atoms with Crippen molar-refractivity contribution in [3.05, 3.63) is 35.9 Å². The number of hydroxylamine groups is 1. The number of nitrogens with one attached hydrogen (secondary N) is 2. The average Bonchev–Trinajstić information content (AvgIpc) is 2.52. The summed E-state index contributed by atoms with van der Waals surface area (Å²) in [7, 11) is 0. The molecular formula is C13H18N6O2. The van der Waals surface area contributed by atoms with Crippen LogP contribution >= 0.6 is 0 Å². The zero-order chi connectivity index (χ0) is 15.2. The highest BCUT2D eigenvalue weighted by molar-refractivity contribution is 5.42. The maximum Gasteiger partial charge on any atom is 0.256 e. The molecule has 0 atom stereocenters. The van der Waals surface area contributed by atoms with E-state index in [0.717, 1.165) is 10.6 Å². The second-order valence-corrected chi connectivity index (χ2v) is 4.67. The van der Waals surface area contributed by atoms with Gasteiger partial charge in [-0.15, -0.1) is 0 Å². The molecule has 1 aromatic heterocycles. The second kappa shape index (κ2) is 6.82. The molecule has 0 aliphatic heterocycles. The molecule has 2 rings (SSSR count). The molecule has 2 aromatic rings. The van der Waals surface area contributed by atoms with Crippen LogP contribution < -0.4 is 15.9 Å². The van der Waals surface area contributed by atoms with E-state index in [1.54, 1.807) is 13.8 Å². The number of hydrogen-bond donors (Lipinski definition) is 4. The molecular weight excluding hydrogens is 272 g/mol. The van der Waals surface area contributed by atoms with Crippen LogP contribution in [0, 0.1) is 0 Å². The van der Waals surface area contributed by atoms with Crippen LogP contribution in [0.1, 0.15) is 19.4 Å². The van der Waals surface area contributed by atoms with Gasteiger partial charge in [-0.25, -0.2) is 10.5 Å². The third kappa shape index (κ3) is 4.01. The van der Waals surface area contributed by atoms with Gasteiger partial charge in [0.05, 0.1) is 6.04 Å². The van der Waals surface area contributed by atoms with Crippen LogP contribution in [0.3, 0.4) is 0 Å². The van der Waals surface area contributed by atoms with Crippen molar-refractivity contribution < 1.29 is 10.4 Å². The molecule has 1 aromatic carbocycles. The first-order valence-corrected chi connectivity index (χ1v) is 6.52. The minimum absolute atomic E-state index is 0.0461. The highest BCUT2D eigenvalue weighted by Crippen LogP contribution is 2.14. The van der Waals surface area contributed by atoms with E-state index in [2.05, 4.69) is 20.3 Å². The van der Waals surface area contributed by atoms with Crippen molar-refractivity contribution in [1.29, 1.82) is 0 Å². The Balaban J connectivity index is 2.16. The van der Waals surface area contributed by atoms with Gasteiger partial charge >= 0.3 is 0 Å². The minimum atomic E-state index is -0.207. The van der Waals surface area contributed by atoms with Crippen molar-refractivity contribution in [1.82, 2.24) is 15.0 Å². The van der Waals surface area contributed by atoms with Crippen molar-refractivity contribution in [2.45, 2.75) is 26.4 Å². The summed E-state index contributed by atoms with van der Waals surface area (Å²) in [5, 5.41) is 22.8. The summed E-state index contributed by atoms with van der Waals surface area (Å²) in [5.74, 6) is 0.252. The maximum absolute atomic E-state index is 9.87. The number of benzene rings is 1. The Morgan fingerprint density at radius 2 is 1.76 bits per heavy atom. The molecule has 21 heavy (non-hydrogen) atoms. The van der Waals surface area contributed by atoms with E-state index >= 15 is 0 Å². The fourth-order valence-electron chi connectivity index (χ4n) is 1.60. The van der Waals surface area contributed by atoms with Gasteiger partial charge in [-0.05, 0) is 19.4 Å². The summed E-state index contributed by atoms with van der Waals surface area (Å²) in [6.45, 7) is 4.09. The monoisotopic (exact) mass is 290 g/mol. The van der Waals surface area contributed by atoms with Gasteiger partial charge in [-0.3, -0.25) is 10.4 Å². The normalized spacial score (nSPS) is 10.5. The largest absolute Gasteiger partial charge is 0.350 e. The van der Waals surface area contributed by atoms with E-state index < -0.39 is 0 Å². The summed E-state index contributed by atoms with van der Waals surface area (Å²) < 4.78 is 0. The van der Waals surface area contributed by atoms with E-state index in [9.17, 15) is 5.21 Å². The lowest BCUT2D eigenvalue weighted by molar-refractivity contribution is 0.222. The van der Waals surface area contributed by atoms with Crippen LogP contribution in [-0.4, -0.2) is 31.4 Å². The number of aromatic nitrogens is 3. The van der Waals surface area contributed by atoms with Crippen molar-refractivity contribution in [2.75, 3.05) is 15.9 Å². The molecule has 0 aliphatic rings. The van der Waals surface area contributed by atoms with Crippen LogP contribution in [0.5, 0.6) is 0 Å². The van der Waals surface area contributed by atoms with Gasteiger partial charge in [0.15, 0.2) is 0 Å². The summed E-state index contributed by atoms with van der Waals surface area (Å²) in [6.07, 6.45) is 0. The fraction of sp³-hybridized carbons (Fsp3) is 0.308. The molecule has 112 valence electrons. The molecule has 4 N–H and O–H groups in total. The highest BCUT2D eigenvalue weighted by atomic mass is 16.5. The molecule has 0 amide bonds. The SMILES string of the molecule is CC(C)N(O)c1nc(NO)nc(NCc2ccccc2)n1. The van der Waals surface area contributed by atoms with Crippen LogP contribution in [0.15, 0.2) is 30.3 Å². The summed E-state index contributed by atoms with van der Waals surface area (Å²) >= 11 is 0. The molecule has 8 heteroatoms. The highest BCUT2D eigenvalue weighted by Gasteiger charge is 2.14. The first-order chi connectivity index (χ1) is 10.1. The van der Waals surface area contributed by atoms with Gasteiger partial charge in [-0.1, -0.05) is 30.3 Å². The minimum Gasteiger partial charge on any atom is -0.350 e. The Kier molecular flexibility index (Phi) is 4.85. The molecule has 0 saturated carbocycles. The molecule has 0 radical (unpaired) electrons. The molecule has 0 spiro atoms. The van der Waals surface area contributed by atoms with Crippen molar-refractivity contribution in [3.8, 4) is 0 Å². The molecule has 0 bridgehead atoms. The van der Waals surface area contributed by atoms with Crippen molar-refractivity contribution in [2.24, 2.45) is 0 Å². The number of rotatable bonds is 6. The van der Waals surface area contributed by atoms with E-state index in [1.165, 1.54) is 0 Å². The Morgan fingerprint density at radius 3 is 2.38 bits per heavy atom. The second-order valence-electron chi connectivity index (χ2n) is 4.67. The predicted molar refractivity (Wildman–Crippen MR) is 78.4 cm³/mol. The van der Waals surface area contributed by atoms with Gasteiger partial charge in [0.1, 0.15) is 0 Å². The van der Waals surface area contributed by atoms with E-state index in [-0.39, 0.29) is 23.9 Å². The first-order valence-electron chi connectivity index (χ1n) is 6.52. The van der Waals surface area contributed by atoms with E-state index in [1.807, 2.05) is 35.8 Å². The van der Waals surface area contributed by atoms with Crippen LogP contribution in [-0.2, 0) is 6.54 Å². The van der Waals surface area contributed by atoms with Crippen molar-refractivity contribution >= 4 is 17.8 Å². The van der Waals surface area contributed by atoms with Gasteiger partial charge < -0.3 is 5.32 Å². The number of hydrogen-bond acceptors (Lipinski definition) is 8. The van der Waals surface area contributed by atoms with Crippen LogP contribution in [0.2, 0.25) is 0 Å². The zero-order valence-corrected chi connectivity index (χ0v) is 11.9. The van der Waals surface area contributed by atoms with Crippen molar-refractivity contribution in [3.63, 3.8) is 0 Å². The van der Waals surface area contributed by atoms with Gasteiger partial charge in [-0.2, -0.15) is 15.0 Å². The lowest BCUT2D eigenvalue weighted by Crippen LogP contribution is -2.29. The predicted octanol–water partition coefficient (Wildman–Crippen LogP) is 1.89. The smallest absolute Gasteiger partial charge is 0.256 e. The number of nitrogens with zero attached hydrogens (tertiary/aromatic N) is 4.